The molecule has 0 aromatic heterocycles. The number of benzene rings is 1. The predicted octanol–water partition coefficient (Wildman–Crippen LogP) is 1.89. The standard InChI is InChI=1S/C13H17NO2/c1-9(2)10-5-7-11(8-6-10)13(3,4)14-12(15)16/h5-8,14H,1H2,2-4H3,(H,15,16)/p-1. The number of carbonyl (C=O) groups excluding carboxylic acids is 1. The van der Waals surface area contributed by atoms with Crippen molar-refractivity contribution in [3.8, 4) is 0 Å². The Balaban J connectivity index is 2.96. The Kier molecular flexibility index (Phi) is 3.38. The van der Waals surface area contributed by atoms with Crippen LogP contribution in [-0.4, -0.2) is 6.09 Å². The monoisotopic (exact) mass is 218 g/mol. The first-order valence-electron chi connectivity index (χ1n) is 5.08. The SMILES string of the molecule is C=C(C)c1ccc(C(C)(C)NC(=O)[O-])cc1. The summed E-state index contributed by atoms with van der Waals surface area (Å²) in [5.41, 5.74) is 2.28. The number of hydrogen-bond donors (Lipinski definition) is 1. The maximum absolute atomic E-state index is 10.5. The Morgan fingerprint density at radius 2 is 1.81 bits per heavy atom. The van der Waals surface area contributed by atoms with Gasteiger partial charge in [-0.1, -0.05) is 36.4 Å². The Bertz CT molecular complexity index is 404. The lowest BCUT2D eigenvalue weighted by Gasteiger charge is -2.28. The van der Waals surface area contributed by atoms with E-state index >= 15 is 0 Å². The number of carbonyl (C=O) groups is 1. The zero-order chi connectivity index (χ0) is 12.3. The van der Waals surface area contributed by atoms with Crippen LogP contribution in [-0.2, 0) is 5.54 Å². The van der Waals surface area contributed by atoms with E-state index in [4.69, 9.17) is 0 Å². The molecule has 16 heavy (non-hydrogen) atoms. The second-order valence-electron chi connectivity index (χ2n) is 4.40. The van der Waals surface area contributed by atoms with Gasteiger partial charge < -0.3 is 15.2 Å². The van der Waals surface area contributed by atoms with Gasteiger partial charge in [-0.05, 0) is 31.9 Å². The van der Waals surface area contributed by atoms with E-state index in [2.05, 4.69) is 11.9 Å². The van der Waals surface area contributed by atoms with E-state index in [1.165, 1.54) is 0 Å². The third kappa shape index (κ3) is 2.86. The van der Waals surface area contributed by atoms with Gasteiger partial charge in [0.15, 0.2) is 0 Å². The number of nitrogens with one attached hydrogen (secondary N) is 1. The summed E-state index contributed by atoms with van der Waals surface area (Å²) in [6, 6.07) is 7.63. The fourth-order valence-corrected chi connectivity index (χ4v) is 1.50. The summed E-state index contributed by atoms with van der Waals surface area (Å²) in [4.78, 5) is 10.5. The molecule has 3 heteroatoms. The van der Waals surface area contributed by atoms with Crippen molar-refractivity contribution < 1.29 is 9.90 Å². The van der Waals surface area contributed by atoms with E-state index in [0.29, 0.717) is 0 Å². The lowest BCUT2D eigenvalue weighted by molar-refractivity contribution is -0.253. The van der Waals surface area contributed by atoms with Crippen LogP contribution < -0.4 is 10.4 Å². The van der Waals surface area contributed by atoms with Gasteiger partial charge in [-0.2, -0.15) is 0 Å². The van der Waals surface area contributed by atoms with Gasteiger partial charge in [-0.15, -0.1) is 0 Å². The van der Waals surface area contributed by atoms with Crippen LogP contribution in [0.3, 0.4) is 0 Å². The van der Waals surface area contributed by atoms with E-state index in [1.54, 1.807) is 13.8 Å². The normalized spacial score (nSPS) is 10.9. The van der Waals surface area contributed by atoms with Crippen molar-refractivity contribution in [3.63, 3.8) is 0 Å². The Morgan fingerprint density at radius 1 is 1.31 bits per heavy atom. The Morgan fingerprint density at radius 3 is 2.19 bits per heavy atom. The molecule has 0 aliphatic rings. The highest BCUT2D eigenvalue weighted by Crippen LogP contribution is 2.21. The van der Waals surface area contributed by atoms with Crippen molar-refractivity contribution in [3.05, 3.63) is 42.0 Å². The molecule has 0 aliphatic heterocycles. The first-order chi connectivity index (χ1) is 7.33. The summed E-state index contributed by atoms with van der Waals surface area (Å²) in [7, 11) is 0. The highest BCUT2D eigenvalue weighted by Gasteiger charge is 2.19. The Labute approximate surface area is 95.8 Å². The number of rotatable bonds is 3. The summed E-state index contributed by atoms with van der Waals surface area (Å²) in [6.07, 6.45) is -1.27. The zero-order valence-corrected chi connectivity index (χ0v) is 9.83. The van der Waals surface area contributed by atoms with E-state index < -0.39 is 11.6 Å². The van der Waals surface area contributed by atoms with Crippen LogP contribution in [0.15, 0.2) is 30.8 Å². The smallest absolute Gasteiger partial charge is 0.134 e. The molecule has 0 bridgehead atoms. The molecular weight excluding hydrogens is 202 g/mol. The fourth-order valence-electron chi connectivity index (χ4n) is 1.50. The average molecular weight is 218 g/mol. The molecule has 86 valence electrons. The molecule has 3 nitrogen and oxygen atoms in total. The molecule has 0 aliphatic carbocycles. The van der Waals surface area contributed by atoms with Crippen molar-refractivity contribution in [2.45, 2.75) is 26.3 Å². The fraction of sp³-hybridized carbons (Fsp3) is 0.308. The van der Waals surface area contributed by atoms with Crippen molar-refractivity contribution >= 4 is 11.7 Å². The molecule has 1 aromatic carbocycles. The van der Waals surface area contributed by atoms with Gasteiger partial charge in [-0.3, -0.25) is 0 Å². The minimum Gasteiger partial charge on any atom is -0.530 e. The van der Waals surface area contributed by atoms with Gasteiger partial charge in [0.25, 0.3) is 0 Å². The molecule has 0 spiro atoms. The van der Waals surface area contributed by atoms with Gasteiger partial charge >= 0.3 is 0 Å². The van der Waals surface area contributed by atoms with Crippen LogP contribution in [0.1, 0.15) is 31.9 Å². The molecule has 1 aromatic rings. The van der Waals surface area contributed by atoms with Gasteiger partial charge in [0.05, 0.1) is 5.54 Å². The van der Waals surface area contributed by atoms with Crippen LogP contribution in [0.4, 0.5) is 4.79 Å². The first-order valence-corrected chi connectivity index (χ1v) is 5.08. The van der Waals surface area contributed by atoms with Crippen molar-refractivity contribution in [2.24, 2.45) is 0 Å². The molecule has 1 N–H and O–H groups in total. The number of hydrogen-bond acceptors (Lipinski definition) is 2. The molecule has 0 radical (unpaired) electrons. The molecule has 0 heterocycles. The lowest BCUT2D eigenvalue weighted by Crippen LogP contribution is -2.47. The van der Waals surface area contributed by atoms with Crippen molar-refractivity contribution in [2.75, 3.05) is 0 Å². The summed E-state index contributed by atoms with van der Waals surface area (Å²) >= 11 is 0. The van der Waals surface area contributed by atoms with Gasteiger partial charge in [0.1, 0.15) is 6.09 Å². The summed E-state index contributed by atoms with van der Waals surface area (Å²) < 4.78 is 0. The van der Waals surface area contributed by atoms with Crippen LogP contribution in [0.2, 0.25) is 0 Å². The number of allylic oxidation sites excluding steroid dienone is 1. The highest BCUT2D eigenvalue weighted by atomic mass is 16.4. The number of carboxylic acid groups (broad SMARTS) is 1. The van der Waals surface area contributed by atoms with Crippen molar-refractivity contribution in [1.29, 1.82) is 0 Å². The summed E-state index contributed by atoms with van der Waals surface area (Å²) in [5, 5.41) is 12.9. The minimum absolute atomic E-state index is 0.646. The molecule has 0 fully saturated rings. The quantitative estimate of drug-likeness (QED) is 0.842. The molecule has 1 amide bonds. The first kappa shape index (κ1) is 12.3. The van der Waals surface area contributed by atoms with Gasteiger partial charge in [-0.25, -0.2) is 0 Å². The molecule has 1 rings (SSSR count). The van der Waals surface area contributed by atoms with E-state index in [-0.39, 0.29) is 0 Å². The lowest BCUT2D eigenvalue weighted by atomic mass is 9.93. The van der Waals surface area contributed by atoms with Crippen LogP contribution in [0.5, 0.6) is 0 Å². The number of amides is 1. The van der Waals surface area contributed by atoms with Gasteiger partial charge in [0, 0.05) is 0 Å². The van der Waals surface area contributed by atoms with Crippen LogP contribution >= 0.6 is 0 Å². The Hall–Kier alpha value is -1.77. The highest BCUT2D eigenvalue weighted by molar-refractivity contribution is 5.64. The molecule has 0 saturated carbocycles. The molecule has 0 saturated heterocycles. The molecule has 0 atom stereocenters. The van der Waals surface area contributed by atoms with Gasteiger partial charge in [0.2, 0.25) is 0 Å². The minimum atomic E-state index is -1.27. The van der Waals surface area contributed by atoms with Crippen LogP contribution in [0, 0.1) is 0 Å². The van der Waals surface area contributed by atoms with E-state index in [0.717, 1.165) is 16.7 Å². The second-order valence-corrected chi connectivity index (χ2v) is 4.40. The zero-order valence-electron chi connectivity index (χ0n) is 9.83. The van der Waals surface area contributed by atoms with E-state index in [1.807, 2.05) is 31.2 Å². The summed E-state index contributed by atoms with van der Waals surface area (Å²) in [6.45, 7) is 9.36. The maximum Gasteiger partial charge on any atom is 0.134 e. The molecule has 0 unspecified atom stereocenters. The molecular formula is C13H16NO2-. The largest absolute Gasteiger partial charge is 0.530 e. The van der Waals surface area contributed by atoms with Crippen molar-refractivity contribution in [1.82, 2.24) is 5.32 Å². The average Bonchev–Trinajstić information content (AvgIpc) is 2.16. The third-order valence-electron chi connectivity index (χ3n) is 2.51. The van der Waals surface area contributed by atoms with E-state index in [9.17, 15) is 9.90 Å². The second kappa shape index (κ2) is 4.39. The maximum atomic E-state index is 10.5. The topological polar surface area (TPSA) is 52.2 Å². The predicted molar refractivity (Wildman–Crippen MR) is 62.7 cm³/mol. The van der Waals surface area contributed by atoms with Crippen LogP contribution in [0.25, 0.3) is 5.57 Å². The third-order valence-corrected chi connectivity index (χ3v) is 2.51. The summed E-state index contributed by atoms with van der Waals surface area (Å²) in [5.74, 6) is 0.